The molecule has 5 heteroatoms. The van der Waals surface area contributed by atoms with E-state index >= 15 is 0 Å². The van der Waals surface area contributed by atoms with Crippen molar-refractivity contribution in [3.05, 3.63) is 0 Å². The van der Waals surface area contributed by atoms with Crippen LogP contribution in [0.2, 0.25) is 0 Å². The first-order valence-corrected chi connectivity index (χ1v) is 8.53. The number of unbranched alkanes of at least 4 members (excludes halogenated alkanes) is 1. The molecular formula is C16H29N3O2. The summed E-state index contributed by atoms with van der Waals surface area (Å²) in [6.45, 7) is 9.84. The van der Waals surface area contributed by atoms with Crippen LogP contribution in [0.1, 0.15) is 32.6 Å². The SMILES string of the molecule is CCCCOC(=O)CN1CCN(C2CC3(CNC3)C2)CC1. The molecule has 1 spiro atoms. The second-order valence-electron chi connectivity index (χ2n) is 7.05. The van der Waals surface area contributed by atoms with E-state index in [1.165, 1.54) is 25.9 Å². The number of hydrogen-bond donors (Lipinski definition) is 1. The summed E-state index contributed by atoms with van der Waals surface area (Å²) < 4.78 is 5.24. The van der Waals surface area contributed by atoms with Crippen molar-refractivity contribution in [1.29, 1.82) is 0 Å². The molecule has 1 aliphatic carbocycles. The summed E-state index contributed by atoms with van der Waals surface area (Å²) in [5, 5.41) is 3.40. The number of esters is 1. The number of carbonyl (C=O) groups is 1. The van der Waals surface area contributed by atoms with Crippen molar-refractivity contribution in [2.75, 3.05) is 52.4 Å². The molecule has 5 nitrogen and oxygen atoms in total. The molecule has 2 heterocycles. The lowest BCUT2D eigenvalue weighted by Gasteiger charge is -2.58. The fourth-order valence-corrected chi connectivity index (χ4v) is 3.81. The molecule has 3 rings (SSSR count). The first-order valence-electron chi connectivity index (χ1n) is 8.53. The largest absolute Gasteiger partial charge is 0.465 e. The average molecular weight is 295 g/mol. The minimum Gasteiger partial charge on any atom is -0.465 e. The molecule has 0 atom stereocenters. The normalized spacial score (nSPS) is 26.3. The van der Waals surface area contributed by atoms with Crippen LogP contribution >= 0.6 is 0 Å². The Bertz CT molecular complexity index is 355. The van der Waals surface area contributed by atoms with E-state index in [1.807, 2.05) is 0 Å². The zero-order chi connectivity index (χ0) is 14.7. The molecule has 0 bridgehead atoms. The van der Waals surface area contributed by atoms with Crippen molar-refractivity contribution in [1.82, 2.24) is 15.1 Å². The number of nitrogens with zero attached hydrogens (tertiary/aromatic N) is 2. The molecule has 1 N–H and O–H groups in total. The molecule has 0 amide bonds. The molecule has 1 saturated carbocycles. The van der Waals surface area contributed by atoms with E-state index in [2.05, 4.69) is 22.0 Å². The van der Waals surface area contributed by atoms with Crippen molar-refractivity contribution in [3.8, 4) is 0 Å². The minimum absolute atomic E-state index is 0.0555. The second kappa shape index (κ2) is 6.63. The maximum absolute atomic E-state index is 11.7. The topological polar surface area (TPSA) is 44.8 Å². The molecular weight excluding hydrogens is 266 g/mol. The van der Waals surface area contributed by atoms with E-state index in [0.29, 0.717) is 18.6 Å². The standard InChI is InChI=1S/C16H29N3O2/c1-2-3-8-21-15(20)11-18-4-6-19(7-5-18)14-9-16(10-14)12-17-13-16/h14,17H,2-13H2,1H3. The zero-order valence-electron chi connectivity index (χ0n) is 13.3. The van der Waals surface area contributed by atoms with Crippen LogP contribution in [-0.2, 0) is 9.53 Å². The van der Waals surface area contributed by atoms with Crippen LogP contribution in [0.5, 0.6) is 0 Å². The summed E-state index contributed by atoms with van der Waals surface area (Å²) in [6, 6.07) is 0.797. The van der Waals surface area contributed by atoms with Gasteiger partial charge in [0.1, 0.15) is 0 Å². The smallest absolute Gasteiger partial charge is 0.320 e. The monoisotopic (exact) mass is 295 g/mol. The molecule has 2 saturated heterocycles. The fourth-order valence-electron chi connectivity index (χ4n) is 3.81. The number of carbonyl (C=O) groups excluding carboxylic acids is 1. The van der Waals surface area contributed by atoms with Gasteiger partial charge in [0, 0.05) is 45.3 Å². The van der Waals surface area contributed by atoms with E-state index in [-0.39, 0.29) is 5.97 Å². The Hall–Kier alpha value is -0.650. The van der Waals surface area contributed by atoms with Gasteiger partial charge in [0.15, 0.2) is 0 Å². The van der Waals surface area contributed by atoms with Crippen LogP contribution in [0.25, 0.3) is 0 Å². The highest BCUT2D eigenvalue weighted by Crippen LogP contribution is 2.46. The Morgan fingerprint density at radius 1 is 1.24 bits per heavy atom. The van der Waals surface area contributed by atoms with Crippen LogP contribution in [0.4, 0.5) is 0 Å². The van der Waals surface area contributed by atoms with Crippen LogP contribution in [0, 0.1) is 5.41 Å². The van der Waals surface area contributed by atoms with Gasteiger partial charge in [0.25, 0.3) is 0 Å². The number of rotatable bonds is 6. The van der Waals surface area contributed by atoms with Crippen LogP contribution in [0.15, 0.2) is 0 Å². The molecule has 21 heavy (non-hydrogen) atoms. The van der Waals surface area contributed by atoms with E-state index in [0.717, 1.165) is 45.1 Å². The Morgan fingerprint density at radius 2 is 1.95 bits per heavy atom. The average Bonchev–Trinajstić information content (AvgIpc) is 2.38. The maximum Gasteiger partial charge on any atom is 0.320 e. The fraction of sp³-hybridized carbons (Fsp3) is 0.938. The van der Waals surface area contributed by atoms with Crippen LogP contribution < -0.4 is 5.32 Å². The molecule has 120 valence electrons. The predicted octanol–water partition coefficient (Wildman–Crippen LogP) is 0.699. The summed E-state index contributed by atoms with van der Waals surface area (Å²) in [5.74, 6) is -0.0555. The van der Waals surface area contributed by atoms with Gasteiger partial charge in [-0.25, -0.2) is 0 Å². The molecule has 0 radical (unpaired) electrons. The summed E-state index contributed by atoms with van der Waals surface area (Å²) in [4.78, 5) is 16.6. The lowest BCUT2D eigenvalue weighted by Crippen LogP contribution is -2.66. The van der Waals surface area contributed by atoms with Gasteiger partial charge in [-0.2, -0.15) is 0 Å². The first-order chi connectivity index (χ1) is 10.2. The lowest BCUT2D eigenvalue weighted by molar-refractivity contribution is -0.145. The predicted molar refractivity (Wildman–Crippen MR) is 82.2 cm³/mol. The van der Waals surface area contributed by atoms with Crippen molar-refractivity contribution in [2.45, 2.75) is 38.6 Å². The van der Waals surface area contributed by atoms with Gasteiger partial charge in [0.2, 0.25) is 0 Å². The van der Waals surface area contributed by atoms with E-state index in [4.69, 9.17) is 4.74 Å². The molecule has 3 aliphatic rings. The molecule has 2 aliphatic heterocycles. The minimum atomic E-state index is -0.0555. The third-order valence-corrected chi connectivity index (χ3v) is 5.37. The number of nitrogens with one attached hydrogen (secondary N) is 1. The van der Waals surface area contributed by atoms with E-state index in [1.54, 1.807) is 0 Å². The summed E-state index contributed by atoms with van der Waals surface area (Å²) >= 11 is 0. The Balaban J connectivity index is 1.31. The quantitative estimate of drug-likeness (QED) is 0.577. The third-order valence-electron chi connectivity index (χ3n) is 5.37. The number of ether oxygens (including phenoxy) is 1. The van der Waals surface area contributed by atoms with Crippen molar-refractivity contribution < 1.29 is 9.53 Å². The van der Waals surface area contributed by atoms with Crippen LogP contribution in [-0.4, -0.2) is 74.2 Å². The molecule has 0 aromatic heterocycles. The Morgan fingerprint density at radius 3 is 2.52 bits per heavy atom. The second-order valence-corrected chi connectivity index (χ2v) is 7.05. The first kappa shape index (κ1) is 15.3. The van der Waals surface area contributed by atoms with Gasteiger partial charge < -0.3 is 10.1 Å². The summed E-state index contributed by atoms with van der Waals surface area (Å²) in [5.41, 5.74) is 0.658. The Kier molecular flexibility index (Phi) is 4.82. The third kappa shape index (κ3) is 3.58. The lowest BCUT2D eigenvalue weighted by atomic mass is 9.61. The molecule has 0 aromatic rings. The van der Waals surface area contributed by atoms with Crippen molar-refractivity contribution >= 4 is 5.97 Å². The number of piperazine rings is 1. The highest BCUT2D eigenvalue weighted by molar-refractivity contribution is 5.71. The van der Waals surface area contributed by atoms with Crippen molar-refractivity contribution in [3.63, 3.8) is 0 Å². The molecule has 0 unspecified atom stereocenters. The Labute approximate surface area is 128 Å². The zero-order valence-corrected chi connectivity index (χ0v) is 13.3. The van der Waals surface area contributed by atoms with Crippen LogP contribution in [0.3, 0.4) is 0 Å². The highest BCUT2D eigenvalue weighted by atomic mass is 16.5. The van der Waals surface area contributed by atoms with Gasteiger partial charge in [-0.15, -0.1) is 0 Å². The highest BCUT2D eigenvalue weighted by Gasteiger charge is 2.50. The van der Waals surface area contributed by atoms with Gasteiger partial charge in [0.05, 0.1) is 13.2 Å². The summed E-state index contributed by atoms with van der Waals surface area (Å²) in [6.07, 6.45) is 4.79. The molecule has 0 aromatic carbocycles. The van der Waals surface area contributed by atoms with E-state index < -0.39 is 0 Å². The van der Waals surface area contributed by atoms with Gasteiger partial charge >= 0.3 is 5.97 Å². The van der Waals surface area contributed by atoms with E-state index in [9.17, 15) is 4.79 Å². The number of hydrogen-bond acceptors (Lipinski definition) is 5. The molecule has 3 fully saturated rings. The maximum atomic E-state index is 11.7. The van der Waals surface area contributed by atoms with Gasteiger partial charge in [-0.3, -0.25) is 14.6 Å². The van der Waals surface area contributed by atoms with Crippen molar-refractivity contribution in [2.24, 2.45) is 5.41 Å². The van der Waals surface area contributed by atoms with Gasteiger partial charge in [-0.1, -0.05) is 13.3 Å². The summed E-state index contributed by atoms with van der Waals surface area (Å²) in [7, 11) is 0. The van der Waals surface area contributed by atoms with Gasteiger partial charge in [-0.05, 0) is 24.7 Å².